The highest BCUT2D eigenvalue weighted by Crippen LogP contribution is 2.20. The van der Waals surface area contributed by atoms with Gasteiger partial charge in [0.25, 0.3) is 0 Å². The molecule has 0 unspecified atom stereocenters. The normalized spacial score (nSPS) is 39.1. The zero-order valence-electron chi connectivity index (χ0n) is 8.39. The summed E-state index contributed by atoms with van der Waals surface area (Å²) in [5.41, 5.74) is 0. The van der Waals surface area contributed by atoms with E-state index in [2.05, 4.69) is 16.1 Å². The molecule has 1 fully saturated rings. The third kappa shape index (κ3) is 2.57. The summed E-state index contributed by atoms with van der Waals surface area (Å²) in [6.07, 6.45) is -6.97. The average Bonchev–Trinajstić information content (AvgIpc) is 2.28. The fourth-order valence-corrected chi connectivity index (χ4v) is 1.28. The molecule has 0 saturated carbocycles. The average molecular weight is 234 g/mol. The molecule has 5 atom stereocenters. The summed E-state index contributed by atoms with van der Waals surface area (Å²) in [6, 6.07) is 0. The molecule has 1 aliphatic heterocycles. The third-order valence-electron chi connectivity index (χ3n) is 2.16. The lowest BCUT2D eigenvalue weighted by Gasteiger charge is -2.36. The SMILES string of the molecule is C=CCOC(=O)[C@H]1O[C@@H](O)[C@H](O)[C@@H](O)[C@@H]1O. The van der Waals surface area contributed by atoms with Gasteiger partial charge in [-0.25, -0.2) is 4.79 Å². The topological polar surface area (TPSA) is 116 Å². The number of esters is 1. The second-order valence-corrected chi connectivity index (χ2v) is 3.34. The molecule has 1 rings (SSSR count). The van der Waals surface area contributed by atoms with Crippen LogP contribution in [0.3, 0.4) is 0 Å². The Hall–Kier alpha value is -0.990. The lowest BCUT2D eigenvalue weighted by atomic mass is 9.99. The van der Waals surface area contributed by atoms with Crippen molar-refractivity contribution in [3.63, 3.8) is 0 Å². The van der Waals surface area contributed by atoms with Crippen LogP contribution in [0.2, 0.25) is 0 Å². The smallest absolute Gasteiger partial charge is 0.338 e. The van der Waals surface area contributed by atoms with Gasteiger partial charge in [-0.2, -0.15) is 0 Å². The van der Waals surface area contributed by atoms with Crippen LogP contribution in [0, 0.1) is 0 Å². The van der Waals surface area contributed by atoms with E-state index in [1.54, 1.807) is 0 Å². The number of carbonyl (C=O) groups is 1. The van der Waals surface area contributed by atoms with Crippen LogP contribution in [0.25, 0.3) is 0 Å². The van der Waals surface area contributed by atoms with Crippen LogP contribution in [-0.4, -0.2) is 63.7 Å². The predicted octanol–water partition coefficient (Wildman–Crippen LogP) is -2.48. The minimum atomic E-state index is -1.75. The molecule has 0 aromatic rings. The molecule has 1 heterocycles. The van der Waals surface area contributed by atoms with Crippen molar-refractivity contribution < 1.29 is 34.7 Å². The molecule has 0 bridgehead atoms. The standard InChI is InChI=1S/C9H14O7/c1-2-3-15-9(14)7-5(11)4(10)6(12)8(13)16-7/h2,4-8,10-13H,1,3H2/t4-,5-,6+,7-,8+/m0/s1. The van der Waals surface area contributed by atoms with Crippen molar-refractivity contribution in [2.24, 2.45) is 0 Å². The number of rotatable bonds is 3. The van der Waals surface area contributed by atoms with Crippen molar-refractivity contribution >= 4 is 5.97 Å². The Morgan fingerprint density at radius 1 is 1.25 bits per heavy atom. The minimum Gasteiger partial charge on any atom is -0.459 e. The molecule has 7 nitrogen and oxygen atoms in total. The Labute approximate surface area is 91.5 Å². The molecule has 92 valence electrons. The molecular weight excluding hydrogens is 220 g/mol. The lowest BCUT2D eigenvalue weighted by Crippen LogP contribution is -2.59. The predicted molar refractivity (Wildman–Crippen MR) is 50.1 cm³/mol. The fourth-order valence-electron chi connectivity index (χ4n) is 1.28. The molecule has 0 amide bonds. The Kier molecular flexibility index (Phi) is 4.39. The van der Waals surface area contributed by atoms with Gasteiger partial charge < -0.3 is 29.9 Å². The molecule has 0 aromatic heterocycles. The summed E-state index contributed by atoms with van der Waals surface area (Å²) in [7, 11) is 0. The van der Waals surface area contributed by atoms with Crippen LogP contribution in [-0.2, 0) is 14.3 Å². The van der Waals surface area contributed by atoms with Crippen molar-refractivity contribution in [2.75, 3.05) is 6.61 Å². The summed E-state index contributed by atoms with van der Waals surface area (Å²) < 4.78 is 9.21. The van der Waals surface area contributed by atoms with E-state index in [9.17, 15) is 15.0 Å². The quantitative estimate of drug-likeness (QED) is 0.315. The van der Waals surface area contributed by atoms with Crippen LogP contribution in [0.4, 0.5) is 0 Å². The lowest BCUT2D eigenvalue weighted by molar-refractivity contribution is -0.280. The van der Waals surface area contributed by atoms with Crippen LogP contribution in [0.1, 0.15) is 0 Å². The number of aliphatic hydroxyl groups is 4. The first-order chi connectivity index (χ1) is 7.49. The number of carbonyl (C=O) groups excluding carboxylic acids is 1. The number of hydrogen-bond donors (Lipinski definition) is 4. The van der Waals surface area contributed by atoms with Crippen LogP contribution in [0.15, 0.2) is 12.7 Å². The number of hydrogen-bond acceptors (Lipinski definition) is 7. The molecule has 0 radical (unpaired) electrons. The molecular formula is C9H14O7. The van der Waals surface area contributed by atoms with Gasteiger partial charge in [0, 0.05) is 0 Å². The third-order valence-corrected chi connectivity index (χ3v) is 2.16. The van der Waals surface area contributed by atoms with Crippen molar-refractivity contribution in [1.29, 1.82) is 0 Å². The van der Waals surface area contributed by atoms with Crippen molar-refractivity contribution in [3.05, 3.63) is 12.7 Å². The van der Waals surface area contributed by atoms with Gasteiger partial charge >= 0.3 is 5.97 Å². The number of ether oxygens (including phenoxy) is 2. The number of aliphatic hydroxyl groups excluding tert-OH is 4. The molecule has 0 aromatic carbocycles. The van der Waals surface area contributed by atoms with Crippen LogP contribution in [0.5, 0.6) is 0 Å². The van der Waals surface area contributed by atoms with Gasteiger partial charge in [0.05, 0.1) is 0 Å². The first-order valence-corrected chi connectivity index (χ1v) is 4.64. The summed E-state index contributed by atoms with van der Waals surface area (Å²) in [5, 5.41) is 37.0. The summed E-state index contributed by atoms with van der Waals surface area (Å²) in [4.78, 5) is 11.3. The van der Waals surface area contributed by atoms with E-state index in [-0.39, 0.29) is 6.61 Å². The van der Waals surface area contributed by atoms with E-state index in [1.807, 2.05) is 0 Å². The van der Waals surface area contributed by atoms with Gasteiger partial charge in [0.2, 0.25) is 0 Å². The van der Waals surface area contributed by atoms with Gasteiger partial charge in [0.15, 0.2) is 12.4 Å². The molecule has 0 aliphatic carbocycles. The maximum absolute atomic E-state index is 11.3. The van der Waals surface area contributed by atoms with Crippen molar-refractivity contribution in [2.45, 2.75) is 30.7 Å². The monoisotopic (exact) mass is 234 g/mol. The van der Waals surface area contributed by atoms with E-state index in [4.69, 9.17) is 10.2 Å². The van der Waals surface area contributed by atoms with Gasteiger partial charge in [-0.3, -0.25) is 0 Å². The second-order valence-electron chi connectivity index (χ2n) is 3.34. The molecule has 1 saturated heterocycles. The molecule has 16 heavy (non-hydrogen) atoms. The highest BCUT2D eigenvalue weighted by molar-refractivity contribution is 5.75. The molecule has 0 spiro atoms. The zero-order chi connectivity index (χ0) is 12.3. The van der Waals surface area contributed by atoms with E-state index >= 15 is 0 Å². The second kappa shape index (κ2) is 5.37. The summed E-state index contributed by atoms with van der Waals surface area (Å²) >= 11 is 0. The van der Waals surface area contributed by atoms with Gasteiger partial charge in [-0.15, -0.1) is 0 Å². The maximum Gasteiger partial charge on any atom is 0.338 e. The van der Waals surface area contributed by atoms with Crippen molar-refractivity contribution in [1.82, 2.24) is 0 Å². The molecule has 1 aliphatic rings. The zero-order valence-corrected chi connectivity index (χ0v) is 8.39. The van der Waals surface area contributed by atoms with E-state index in [0.717, 1.165) is 0 Å². The first-order valence-electron chi connectivity index (χ1n) is 4.64. The van der Waals surface area contributed by atoms with E-state index in [1.165, 1.54) is 6.08 Å². The summed E-state index contributed by atoms with van der Waals surface area (Å²) in [5.74, 6) is -0.947. The van der Waals surface area contributed by atoms with Crippen LogP contribution >= 0.6 is 0 Å². The van der Waals surface area contributed by atoms with E-state index in [0.29, 0.717) is 0 Å². The fraction of sp³-hybridized carbons (Fsp3) is 0.667. The molecule has 4 N–H and O–H groups in total. The summed E-state index contributed by atoms with van der Waals surface area (Å²) in [6.45, 7) is 3.24. The Bertz CT molecular complexity index is 267. The maximum atomic E-state index is 11.3. The highest BCUT2D eigenvalue weighted by atomic mass is 16.7. The van der Waals surface area contributed by atoms with E-state index < -0.39 is 36.7 Å². The largest absolute Gasteiger partial charge is 0.459 e. The minimum absolute atomic E-state index is 0.0832. The van der Waals surface area contributed by atoms with Crippen molar-refractivity contribution in [3.8, 4) is 0 Å². The van der Waals surface area contributed by atoms with Crippen LogP contribution < -0.4 is 0 Å². The van der Waals surface area contributed by atoms with Gasteiger partial charge in [-0.1, -0.05) is 12.7 Å². The first kappa shape index (κ1) is 13.1. The Balaban J connectivity index is 2.66. The Morgan fingerprint density at radius 2 is 1.88 bits per heavy atom. The van der Waals surface area contributed by atoms with Gasteiger partial charge in [-0.05, 0) is 0 Å². The van der Waals surface area contributed by atoms with Gasteiger partial charge in [0.1, 0.15) is 24.9 Å². The Morgan fingerprint density at radius 3 is 2.44 bits per heavy atom. The molecule has 7 heteroatoms. The highest BCUT2D eigenvalue weighted by Gasteiger charge is 2.46.